The summed E-state index contributed by atoms with van der Waals surface area (Å²) in [6, 6.07) is 6.41. The Morgan fingerprint density at radius 1 is 1.11 bits per heavy atom. The first-order valence-electron chi connectivity index (χ1n) is 8.60. The van der Waals surface area contributed by atoms with E-state index in [1.54, 1.807) is 26.1 Å². The minimum atomic E-state index is -0.261. The summed E-state index contributed by atoms with van der Waals surface area (Å²) in [7, 11) is 0. The van der Waals surface area contributed by atoms with Crippen molar-refractivity contribution in [2.24, 2.45) is 10.2 Å². The zero-order valence-electron chi connectivity index (χ0n) is 15.3. The van der Waals surface area contributed by atoms with Crippen LogP contribution in [0.2, 0.25) is 0 Å². The predicted octanol–water partition coefficient (Wildman–Crippen LogP) is 4.51. The molecule has 9 nitrogen and oxygen atoms in total. The summed E-state index contributed by atoms with van der Waals surface area (Å²) in [6.07, 6.45) is 2.16. The molecule has 2 amide bonds. The summed E-state index contributed by atoms with van der Waals surface area (Å²) in [4.78, 5) is 27.6. The van der Waals surface area contributed by atoms with Crippen LogP contribution in [-0.2, 0) is 9.59 Å². The fraction of sp³-hybridized carbons (Fsp3) is 0.222. The van der Waals surface area contributed by atoms with Crippen LogP contribution in [0.15, 0.2) is 40.7 Å². The van der Waals surface area contributed by atoms with Crippen molar-refractivity contribution in [1.82, 2.24) is 9.36 Å². The number of benzene rings is 1. The molecule has 3 aromatic rings. The van der Waals surface area contributed by atoms with Gasteiger partial charge < -0.3 is 15.7 Å². The Morgan fingerprint density at radius 3 is 2.54 bits per heavy atom. The zero-order chi connectivity index (χ0) is 20.1. The first kappa shape index (κ1) is 19.4. The van der Waals surface area contributed by atoms with Crippen molar-refractivity contribution in [2.45, 2.75) is 26.7 Å². The second-order valence-electron chi connectivity index (χ2n) is 5.75. The summed E-state index contributed by atoms with van der Waals surface area (Å²) < 4.78 is 4.21. The van der Waals surface area contributed by atoms with Crippen LogP contribution < -0.4 is 10.6 Å². The van der Waals surface area contributed by atoms with Gasteiger partial charge in [0.25, 0.3) is 0 Å². The molecule has 0 aliphatic rings. The summed E-state index contributed by atoms with van der Waals surface area (Å²) in [5, 5.41) is 25.2. The van der Waals surface area contributed by atoms with Gasteiger partial charge in [-0.3, -0.25) is 9.59 Å². The average molecular weight is 398 g/mol. The van der Waals surface area contributed by atoms with Gasteiger partial charge in [0.2, 0.25) is 11.8 Å². The van der Waals surface area contributed by atoms with Crippen molar-refractivity contribution in [2.75, 3.05) is 10.6 Å². The lowest BCUT2D eigenvalue weighted by Gasteiger charge is -2.12. The summed E-state index contributed by atoms with van der Waals surface area (Å²) in [5.74, 6) is -0.684. The Morgan fingerprint density at radius 2 is 1.82 bits per heavy atom. The maximum Gasteiger partial charge on any atom is 0.224 e. The van der Waals surface area contributed by atoms with E-state index in [0.717, 1.165) is 16.9 Å². The normalized spacial score (nSPS) is 11.1. The number of rotatable bonds is 6. The number of nitrogens with one attached hydrogen (secondary N) is 2. The lowest BCUT2D eigenvalue weighted by atomic mass is 10.2. The Bertz CT molecular complexity index is 1060. The molecule has 2 heterocycles. The van der Waals surface area contributed by atoms with Crippen LogP contribution in [0.3, 0.4) is 0 Å². The predicted molar refractivity (Wildman–Crippen MR) is 108 cm³/mol. The number of phenols is 1. The van der Waals surface area contributed by atoms with Gasteiger partial charge in [0, 0.05) is 25.1 Å². The number of amides is 2. The first-order chi connectivity index (χ1) is 13.5. The van der Waals surface area contributed by atoms with Gasteiger partial charge in [-0.25, -0.2) is 4.98 Å². The average Bonchev–Trinajstić information content (AvgIpc) is 3.11. The third kappa shape index (κ3) is 4.29. The summed E-state index contributed by atoms with van der Waals surface area (Å²) in [6.45, 7) is 3.41. The van der Waals surface area contributed by atoms with Gasteiger partial charge in [0.05, 0.1) is 16.8 Å². The van der Waals surface area contributed by atoms with Crippen molar-refractivity contribution in [3.05, 3.63) is 30.5 Å². The van der Waals surface area contributed by atoms with Gasteiger partial charge in [-0.05, 0) is 29.7 Å². The smallest absolute Gasteiger partial charge is 0.224 e. The van der Waals surface area contributed by atoms with Crippen LogP contribution in [0, 0.1) is 0 Å². The zero-order valence-corrected chi connectivity index (χ0v) is 16.1. The van der Waals surface area contributed by atoms with Crippen molar-refractivity contribution in [1.29, 1.82) is 0 Å². The number of phenolic OH excluding ortho intramolecular Hbond substituents is 1. The van der Waals surface area contributed by atoms with E-state index in [1.165, 1.54) is 12.1 Å². The molecule has 0 bridgehead atoms. The van der Waals surface area contributed by atoms with E-state index >= 15 is 0 Å². The summed E-state index contributed by atoms with van der Waals surface area (Å²) in [5.41, 5.74) is 1.33. The van der Waals surface area contributed by atoms with Gasteiger partial charge in [-0.2, -0.15) is 4.37 Å². The number of carbonyl (C=O) groups is 2. The number of anilines is 2. The fourth-order valence-corrected chi connectivity index (χ4v) is 2.93. The second-order valence-corrected chi connectivity index (χ2v) is 6.50. The lowest BCUT2D eigenvalue weighted by Crippen LogP contribution is -2.11. The highest BCUT2D eigenvalue weighted by Crippen LogP contribution is 2.38. The number of azo groups is 1. The molecule has 0 saturated heterocycles. The molecule has 1 aromatic carbocycles. The van der Waals surface area contributed by atoms with Gasteiger partial charge in [-0.1, -0.05) is 13.8 Å². The highest BCUT2D eigenvalue weighted by Gasteiger charge is 2.14. The molecule has 10 heteroatoms. The quantitative estimate of drug-likeness (QED) is 0.415. The maximum atomic E-state index is 11.8. The monoisotopic (exact) mass is 398 g/mol. The first-order valence-corrected chi connectivity index (χ1v) is 9.38. The van der Waals surface area contributed by atoms with E-state index in [2.05, 4.69) is 30.2 Å². The number of aromatic nitrogens is 2. The van der Waals surface area contributed by atoms with E-state index in [-0.39, 0.29) is 47.5 Å². The number of fused-ring (bicyclic) bond motifs is 1. The number of pyridine rings is 1. The fourth-order valence-electron chi connectivity index (χ4n) is 2.28. The Hall–Kier alpha value is -3.40. The van der Waals surface area contributed by atoms with E-state index in [0.29, 0.717) is 10.6 Å². The van der Waals surface area contributed by atoms with Gasteiger partial charge >= 0.3 is 0 Å². The molecule has 28 heavy (non-hydrogen) atoms. The molecular formula is C18H18N6O3S. The van der Waals surface area contributed by atoms with Gasteiger partial charge in [0.1, 0.15) is 11.4 Å². The van der Waals surface area contributed by atoms with Crippen LogP contribution in [-0.4, -0.2) is 26.3 Å². The number of nitrogens with zero attached hydrogens (tertiary/aromatic N) is 4. The van der Waals surface area contributed by atoms with Crippen LogP contribution in [0.5, 0.6) is 5.75 Å². The topological polar surface area (TPSA) is 129 Å². The van der Waals surface area contributed by atoms with E-state index in [4.69, 9.17) is 0 Å². The molecule has 0 fully saturated rings. The van der Waals surface area contributed by atoms with Crippen molar-refractivity contribution in [3.8, 4) is 5.75 Å². The largest absolute Gasteiger partial charge is 0.506 e. The molecular weight excluding hydrogens is 380 g/mol. The van der Waals surface area contributed by atoms with Crippen molar-refractivity contribution < 1.29 is 14.7 Å². The Labute approximate surface area is 164 Å². The minimum Gasteiger partial charge on any atom is -0.506 e. The van der Waals surface area contributed by atoms with E-state index in [1.807, 2.05) is 6.07 Å². The molecule has 2 aromatic heterocycles. The van der Waals surface area contributed by atoms with Gasteiger partial charge in [-0.15, -0.1) is 10.2 Å². The highest BCUT2D eigenvalue weighted by atomic mass is 32.1. The van der Waals surface area contributed by atoms with Gasteiger partial charge in [0.15, 0.2) is 10.6 Å². The third-order valence-corrected chi connectivity index (χ3v) is 4.53. The van der Waals surface area contributed by atoms with Crippen LogP contribution >= 0.6 is 11.5 Å². The van der Waals surface area contributed by atoms with Crippen LogP contribution in [0.4, 0.5) is 22.1 Å². The van der Waals surface area contributed by atoms with E-state index in [9.17, 15) is 14.7 Å². The Balaban J connectivity index is 2.01. The molecule has 3 N–H and O–H groups in total. The standard InChI is InChI=1S/C18H18N6O3S/c1-3-15(26)20-11-9-14(25)13(21-16(27)4-2)8-12(11)22-23-18-10-6-5-7-19-17(10)24-28-18/h5-9,25H,3-4H2,1-2H3,(H,20,26)(H,21,27)/b23-22+. The molecule has 144 valence electrons. The molecule has 0 atom stereocenters. The molecule has 0 saturated carbocycles. The number of hydrogen-bond donors (Lipinski definition) is 3. The van der Waals surface area contributed by atoms with E-state index < -0.39 is 0 Å². The molecule has 0 aliphatic carbocycles. The second kappa shape index (κ2) is 8.53. The third-order valence-electron chi connectivity index (χ3n) is 3.79. The molecule has 3 rings (SSSR count). The molecule has 0 spiro atoms. The van der Waals surface area contributed by atoms with Crippen LogP contribution in [0.1, 0.15) is 26.7 Å². The molecule has 0 unspecified atom stereocenters. The van der Waals surface area contributed by atoms with Crippen LogP contribution in [0.25, 0.3) is 11.0 Å². The Kier molecular flexibility index (Phi) is 5.90. The molecule has 0 radical (unpaired) electrons. The molecule has 0 aliphatic heterocycles. The lowest BCUT2D eigenvalue weighted by molar-refractivity contribution is -0.116. The van der Waals surface area contributed by atoms with Crippen molar-refractivity contribution in [3.63, 3.8) is 0 Å². The summed E-state index contributed by atoms with van der Waals surface area (Å²) >= 11 is 1.15. The highest BCUT2D eigenvalue weighted by molar-refractivity contribution is 7.11. The number of hydrogen-bond acceptors (Lipinski definition) is 8. The van der Waals surface area contributed by atoms with Crippen molar-refractivity contribution >= 4 is 56.4 Å². The number of carbonyl (C=O) groups excluding carboxylic acids is 2. The number of aromatic hydroxyl groups is 1. The minimum absolute atomic E-state index is 0.181. The SMILES string of the molecule is CCC(=O)Nc1cc(/N=N/c2snc3ncccc23)c(NC(=O)CC)cc1O. The maximum absolute atomic E-state index is 11.8.